The summed E-state index contributed by atoms with van der Waals surface area (Å²) in [5, 5.41) is 6.50. The molecule has 0 N–H and O–H groups in total. The first-order valence-corrected chi connectivity index (χ1v) is 14.0. The molecule has 4 heteroatoms. The molecule has 0 amide bonds. The Hall–Kier alpha value is -3.10. The standard InChI is InChI=1S/C31H23NPS.BrH/c1-4-12-25(13-5-1)33(26-14-6-2-7-15-26,27-16-8-3-9-17-27)28-22-20-24(21-23-28)31-32-29-18-10-11-19-30(29)34-31;/h1-23H;1H/q+1;/p-1. The van der Waals surface area contributed by atoms with E-state index in [-0.39, 0.29) is 17.0 Å². The van der Waals surface area contributed by atoms with Crippen molar-refractivity contribution in [3.63, 3.8) is 0 Å². The molecule has 1 nitrogen and oxygen atoms in total. The van der Waals surface area contributed by atoms with Gasteiger partial charge in [0.2, 0.25) is 0 Å². The molecule has 1 aromatic heterocycles. The largest absolute Gasteiger partial charge is 1.00 e. The fraction of sp³-hybridized carbons (Fsp3) is 0. The Morgan fingerprint density at radius 3 is 1.37 bits per heavy atom. The van der Waals surface area contributed by atoms with E-state index in [9.17, 15) is 0 Å². The lowest BCUT2D eigenvalue weighted by Gasteiger charge is -2.27. The van der Waals surface area contributed by atoms with E-state index in [1.807, 2.05) is 6.07 Å². The van der Waals surface area contributed by atoms with E-state index in [4.69, 9.17) is 4.98 Å². The summed E-state index contributed by atoms with van der Waals surface area (Å²) in [6.07, 6.45) is 0. The zero-order valence-electron chi connectivity index (χ0n) is 19.0. The van der Waals surface area contributed by atoms with E-state index < -0.39 is 7.26 Å². The van der Waals surface area contributed by atoms with Gasteiger partial charge in [-0.3, -0.25) is 0 Å². The van der Waals surface area contributed by atoms with Crippen molar-refractivity contribution in [1.29, 1.82) is 0 Å². The SMILES string of the molecule is [Br-].c1ccc([P+](c2ccccc2)(c2ccccc2)c2ccc(-c3nc4ccccc4s3)cc2)cc1. The molecule has 6 rings (SSSR count). The highest BCUT2D eigenvalue weighted by molar-refractivity contribution is 8.01. The lowest BCUT2D eigenvalue weighted by Crippen LogP contribution is -3.00. The molecule has 0 atom stereocenters. The van der Waals surface area contributed by atoms with E-state index in [1.165, 1.54) is 25.9 Å². The predicted octanol–water partition coefficient (Wildman–Crippen LogP) is 3.59. The van der Waals surface area contributed by atoms with Crippen LogP contribution in [0.15, 0.2) is 140 Å². The van der Waals surface area contributed by atoms with Crippen molar-refractivity contribution in [2.75, 3.05) is 0 Å². The van der Waals surface area contributed by atoms with Gasteiger partial charge in [-0.25, -0.2) is 4.98 Å². The topological polar surface area (TPSA) is 12.9 Å². The monoisotopic (exact) mass is 551 g/mol. The smallest absolute Gasteiger partial charge is 0.144 e. The maximum atomic E-state index is 4.88. The maximum absolute atomic E-state index is 4.88. The van der Waals surface area contributed by atoms with Crippen LogP contribution in [0.3, 0.4) is 0 Å². The van der Waals surface area contributed by atoms with Gasteiger partial charge in [0.15, 0.2) is 0 Å². The Labute approximate surface area is 221 Å². The molecular weight excluding hydrogens is 529 g/mol. The van der Waals surface area contributed by atoms with Crippen LogP contribution in [-0.2, 0) is 0 Å². The molecule has 0 aliphatic heterocycles. The van der Waals surface area contributed by atoms with Crippen molar-refractivity contribution < 1.29 is 17.0 Å². The third kappa shape index (κ3) is 4.25. The summed E-state index contributed by atoms with van der Waals surface area (Å²) in [6.45, 7) is 0. The number of fused-ring (bicyclic) bond motifs is 1. The van der Waals surface area contributed by atoms with Crippen molar-refractivity contribution in [3.05, 3.63) is 140 Å². The molecular formula is C31H23BrNPS. The summed E-state index contributed by atoms with van der Waals surface area (Å²) in [5.74, 6) is 0. The number of rotatable bonds is 5. The molecule has 0 bridgehead atoms. The minimum Gasteiger partial charge on any atom is -1.00 e. The van der Waals surface area contributed by atoms with Crippen LogP contribution >= 0.6 is 18.6 Å². The summed E-state index contributed by atoms with van der Waals surface area (Å²) < 4.78 is 1.22. The number of nitrogens with zero attached hydrogens (tertiary/aromatic N) is 1. The summed E-state index contributed by atoms with van der Waals surface area (Å²) in [5.41, 5.74) is 2.23. The number of halogens is 1. The first kappa shape index (κ1) is 23.6. The zero-order chi connectivity index (χ0) is 22.8. The Kier molecular flexibility index (Phi) is 6.92. The van der Waals surface area contributed by atoms with Crippen molar-refractivity contribution in [1.82, 2.24) is 4.98 Å². The molecule has 0 radical (unpaired) electrons. The van der Waals surface area contributed by atoms with Crippen LogP contribution in [-0.4, -0.2) is 4.98 Å². The minimum absolute atomic E-state index is 0. The van der Waals surface area contributed by atoms with Crippen LogP contribution in [0.5, 0.6) is 0 Å². The molecule has 6 aromatic rings. The van der Waals surface area contributed by atoms with E-state index in [0.29, 0.717) is 0 Å². The predicted molar refractivity (Wildman–Crippen MR) is 150 cm³/mol. The Morgan fingerprint density at radius 2 is 0.886 bits per heavy atom. The van der Waals surface area contributed by atoms with Crippen molar-refractivity contribution in [2.24, 2.45) is 0 Å². The average Bonchev–Trinajstić information content (AvgIpc) is 3.36. The fourth-order valence-electron chi connectivity index (χ4n) is 4.67. The van der Waals surface area contributed by atoms with Gasteiger partial charge < -0.3 is 17.0 Å². The molecule has 0 spiro atoms. The lowest BCUT2D eigenvalue weighted by molar-refractivity contribution is -0.00000636. The van der Waals surface area contributed by atoms with Crippen molar-refractivity contribution in [2.45, 2.75) is 0 Å². The van der Waals surface area contributed by atoms with Crippen LogP contribution in [0, 0.1) is 0 Å². The Bertz CT molecular complexity index is 1400. The van der Waals surface area contributed by atoms with E-state index >= 15 is 0 Å². The third-order valence-corrected chi connectivity index (χ3v) is 11.6. The number of benzene rings is 5. The Morgan fingerprint density at radius 1 is 0.457 bits per heavy atom. The van der Waals surface area contributed by atoms with Gasteiger partial charge in [0.1, 0.15) is 33.5 Å². The van der Waals surface area contributed by atoms with Gasteiger partial charge in [-0.15, -0.1) is 11.3 Å². The van der Waals surface area contributed by atoms with E-state index in [1.54, 1.807) is 11.3 Å². The van der Waals surface area contributed by atoms with E-state index in [2.05, 4.69) is 133 Å². The number of thiazole rings is 1. The molecule has 5 aromatic carbocycles. The normalized spacial score (nSPS) is 11.2. The molecule has 0 aliphatic carbocycles. The first-order valence-electron chi connectivity index (χ1n) is 11.4. The van der Waals surface area contributed by atoms with Crippen LogP contribution in [0.2, 0.25) is 0 Å². The highest BCUT2D eigenvalue weighted by Crippen LogP contribution is 2.54. The van der Waals surface area contributed by atoms with Gasteiger partial charge in [-0.05, 0) is 72.8 Å². The van der Waals surface area contributed by atoms with Gasteiger partial charge in [0, 0.05) is 5.56 Å². The molecule has 0 fully saturated rings. The van der Waals surface area contributed by atoms with Crippen LogP contribution in [0.1, 0.15) is 0 Å². The Balaban J connectivity index is 0.00000253. The molecule has 170 valence electrons. The minimum atomic E-state index is -2.06. The average molecular weight is 552 g/mol. The number of hydrogen-bond donors (Lipinski definition) is 0. The second kappa shape index (κ2) is 10.3. The van der Waals surface area contributed by atoms with Gasteiger partial charge in [-0.1, -0.05) is 66.7 Å². The van der Waals surface area contributed by atoms with Gasteiger partial charge >= 0.3 is 0 Å². The fourth-order valence-corrected chi connectivity index (χ4v) is 9.89. The van der Waals surface area contributed by atoms with Gasteiger partial charge in [-0.2, -0.15) is 0 Å². The summed E-state index contributed by atoms with van der Waals surface area (Å²) in [7, 11) is -2.06. The lowest BCUT2D eigenvalue weighted by atomic mass is 10.2. The van der Waals surface area contributed by atoms with Gasteiger partial charge in [0.05, 0.1) is 10.2 Å². The van der Waals surface area contributed by atoms with Crippen molar-refractivity contribution in [3.8, 4) is 10.6 Å². The van der Waals surface area contributed by atoms with Crippen LogP contribution in [0.4, 0.5) is 0 Å². The number of hydrogen-bond acceptors (Lipinski definition) is 2. The molecule has 35 heavy (non-hydrogen) atoms. The summed E-state index contributed by atoms with van der Waals surface area (Å²) in [6, 6.07) is 50.5. The van der Waals surface area contributed by atoms with Crippen LogP contribution < -0.4 is 38.2 Å². The van der Waals surface area contributed by atoms with Crippen molar-refractivity contribution >= 4 is 50.0 Å². The molecule has 1 heterocycles. The molecule has 0 aliphatic rings. The third-order valence-electron chi connectivity index (χ3n) is 6.23. The molecule has 0 unspecified atom stereocenters. The zero-order valence-corrected chi connectivity index (χ0v) is 22.3. The quantitative estimate of drug-likeness (QED) is 0.298. The molecule has 0 saturated heterocycles. The highest BCUT2D eigenvalue weighted by atomic mass is 79.9. The van der Waals surface area contributed by atoms with E-state index in [0.717, 1.165) is 16.1 Å². The maximum Gasteiger partial charge on any atom is 0.144 e. The number of para-hydroxylation sites is 1. The summed E-state index contributed by atoms with van der Waals surface area (Å²) in [4.78, 5) is 4.88. The molecule has 0 saturated carbocycles. The first-order chi connectivity index (χ1) is 16.9. The number of aromatic nitrogens is 1. The van der Waals surface area contributed by atoms with Gasteiger partial charge in [0.25, 0.3) is 0 Å². The highest BCUT2D eigenvalue weighted by Gasteiger charge is 2.47. The summed E-state index contributed by atoms with van der Waals surface area (Å²) >= 11 is 1.75. The second-order valence-corrected chi connectivity index (χ2v) is 12.6. The second-order valence-electron chi connectivity index (χ2n) is 8.21. The van der Waals surface area contributed by atoms with Crippen LogP contribution in [0.25, 0.3) is 20.8 Å².